The number of halogens is 2. The van der Waals surface area contributed by atoms with Gasteiger partial charge in [-0.05, 0) is 6.42 Å². The summed E-state index contributed by atoms with van der Waals surface area (Å²) in [6.07, 6.45) is 0.792. The molecule has 0 spiro atoms. The highest BCUT2D eigenvalue weighted by molar-refractivity contribution is 9.10. The van der Waals surface area contributed by atoms with Crippen molar-refractivity contribution in [3.8, 4) is 0 Å². The molecule has 0 aromatic rings. The maximum absolute atomic E-state index is 10.4. The Morgan fingerprint density at radius 2 is 2.43 bits per heavy atom. The number of rotatable bonds is 0. The number of alkyl halides is 2. The maximum atomic E-state index is 10.4. The van der Waals surface area contributed by atoms with Crippen molar-refractivity contribution < 1.29 is 4.79 Å². The average Bonchev–Trinajstić information content (AvgIpc) is 1.68. The third kappa shape index (κ3) is 0.820. The van der Waals surface area contributed by atoms with Crippen LogP contribution in [0.25, 0.3) is 0 Å². The third-order valence-electron chi connectivity index (χ3n) is 1.03. The molecule has 0 amide bonds. The van der Waals surface area contributed by atoms with Gasteiger partial charge in [-0.2, -0.15) is 0 Å². The van der Waals surface area contributed by atoms with Gasteiger partial charge in [0, 0.05) is 0 Å². The van der Waals surface area contributed by atoms with Gasteiger partial charge in [-0.25, -0.2) is 0 Å². The van der Waals surface area contributed by atoms with Gasteiger partial charge in [0.15, 0.2) is 5.78 Å². The topological polar surface area (TPSA) is 17.1 Å². The Balaban J connectivity index is 2.44. The van der Waals surface area contributed by atoms with E-state index in [1.807, 2.05) is 0 Å². The smallest absolute Gasteiger partial charge is 0.164 e. The molecule has 7 heavy (non-hydrogen) atoms. The van der Waals surface area contributed by atoms with Crippen LogP contribution < -0.4 is 0 Å². The van der Waals surface area contributed by atoms with Gasteiger partial charge < -0.3 is 0 Å². The zero-order valence-corrected chi connectivity index (χ0v) is 5.87. The van der Waals surface area contributed by atoms with Crippen molar-refractivity contribution in [3.63, 3.8) is 0 Å². The first kappa shape index (κ1) is 5.57. The van der Waals surface area contributed by atoms with Gasteiger partial charge in [0.05, 0.1) is 10.2 Å². The van der Waals surface area contributed by atoms with Crippen LogP contribution in [0, 0.1) is 0 Å². The lowest BCUT2D eigenvalue weighted by Gasteiger charge is -2.22. The number of carbonyl (C=O) groups is 1. The molecule has 0 radical (unpaired) electrons. The largest absolute Gasteiger partial charge is 0.297 e. The van der Waals surface area contributed by atoms with Crippen LogP contribution in [0.4, 0.5) is 0 Å². The lowest BCUT2D eigenvalue weighted by Crippen LogP contribution is -2.38. The van der Waals surface area contributed by atoms with Crippen molar-refractivity contribution in [2.75, 3.05) is 0 Å². The Morgan fingerprint density at radius 3 is 2.43 bits per heavy atom. The molecule has 0 aliphatic heterocycles. The van der Waals surface area contributed by atoms with E-state index < -0.39 is 0 Å². The van der Waals surface area contributed by atoms with Gasteiger partial charge in [-0.1, -0.05) is 15.9 Å². The molecule has 0 aromatic heterocycles. The Hall–Kier alpha value is 0.440. The molecule has 0 aromatic carbocycles. The number of Topliss-reactive ketones (excluding diaryl/α,β-unsaturated/α-hetero) is 1. The van der Waals surface area contributed by atoms with Crippen LogP contribution in [0.1, 0.15) is 6.42 Å². The number of hydrogen-bond donors (Lipinski definition) is 0. The summed E-state index contributed by atoms with van der Waals surface area (Å²) in [6.45, 7) is 0. The molecule has 40 valence electrons. The van der Waals surface area contributed by atoms with Gasteiger partial charge in [0.1, 0.15) is 0 Å². The van der Waals surface area contributed by atoms with Crippen molar-refractivity contribution in [1.29, 1.82) is 0 Å². The third-order valence-corrected chi connectivity index (χ3v) is 2.25. The molecule has 1 saturated carbocycles. The van der Waals surface area contributed by atoms with Gasteiger partial charge in [0.2, 0.25) is 0 Å². The van der Waals surface area contributed by atoms with Crippen LogP contribution in [0.5, 0.6) is 0 Å². The molecule has 1 aliphatic carbocycles. The summed E-state index contributed by atoms with van der Waals surface area (Å²) in [5.74, 6) is 0.127. The summed E-state index contributed by atoms with van der Waals surface area (Å²) in [4.78, 5) is 10.4. The first-order valence-electron chi connectivity index (χ1n) is 2.03. The summed E-state index contributed by atoms with van der Waals surface area (Å²) in [7, 11) is 0. The summed E-state index contributed by atoms with van der Waals surface area (Å²) in [6, 6.07) is 0. The molecular weight excluding hydrogens is 179 g/mol. The summed E-state index contributed by atoms with van der Waals surface area (Å²) < 4.78 is 0. The molecule has 0 saturated heterocycles. The Morgan fingerprint density at radius 1 is 1.86 bits per heavy atom. The molecule has 0 bridgehead atoms. The lowest BCUT2D eigenvalue weighted by molar-refractivity contribution is -0.122. The highest BCUT2D eigenvalue weighted by Crippen LogP contribution is 2.27. The van der Waals surface area contributed by atoms with E-state index in [0.717, 1.165) is 6.42 Å². The van der Waals surface area contributed by atoms with E-state index in [4.69, 9.17) is 11.6 Å². The van der Waals surface area contributed by atoms with E-state index in [9.17, 15) is 4.79 Å². The van der Waals surface area contributed by atoms with Gasteiger partial charge in [-0.3, -0.25) is 4.79 Å². The quantitative estimate of drug-likeness (QED) is 0.518. The molecule has 1 fully saturated rings. The molecule has 1 rings (SSSR count). The van der Waals surface area contributed by atoms with E-state index in [1.165, 1.54) is 0 Å². The number of carbonyl (C=O) groups excluding carboxylic acids is 1. The summed E-state index contributed by atoms with van der Waals surface area (Å²) >= 11 is 8.55. The fourth-order valence-electron chi connectivity index (χ4n) is 0.450. The van der Waals surface area contributed by atoms with E-state index in [0.29, 0.717) is 0 Å². The maximum Gasteiger partial charge on any atom is 0.164 e. The van der Waals surface area contributed by atoms with Crippen LogP contribution >= 0.6 is 27.5 Å². The van der Waals surface area contributed by atoms with E-state index in [2.05, 4.69) is 15.9 Å². The average molecular weight is 183 g/mol. The van der Waals surface area contributed by atoms with Crippen molar-refractivity contribution in [2.24, 2.45) is 0 Å². The summed E-state index contributed by atoms with van der Waals surface area (Å²) in [5.41, 5.74) is 0. The zero-order chi connectivity index (χ0) is 5.44. The van der Waals surface area contributed by atoms with Crippen molar-refractivity contribution in [2.45, 2.75) is 16.6 Å². The highest BCUT2D eigenvalue weighted by Gasteiger charge is 2.35. The molecular formula is C4H4BrClO. The predicted molar refractivity (Wildman–Crippen MR) is 32.0 cm³/mol. The molecule has 1 nitrogen and oxygen atoms in total. The van der Waals surface area contributed by atoms with Gasteiger partial charge in [-0.15, -0.1) is 11.6 Å². The van der Waals surface area contributed by atoms with Gasteiger partial charge in [0.25, 0.3) is 0 Å². The first-order chi connectivity index (χ1) is 3.22. The fraction of sp³-hybridized carbons (Fsp3) is 0.750. The second-order valence-corrected chi connectivity index (χ2v) is 3.21. The minimum absolute atomic E-state index is 0.0509. The second kappa shape index (κ2) is 1.75. The van der Waals surface area contributed by atoms with Crippen LogP contribution in [-0.4, -0.2) is 16.0 Å². The van der Waals surface area contributed by atoms with E-state index in [1.54, 1.807) is 0 Å². The monoisotopic (exact) mass is 182 g/mol. The highest BCUT2D eigenvalue weighted by atomic mass is 79.9. The fourth-order valence-corrected chi connectivity index (χ4v) is 1.84. The number of ketones is 1. The van der Waals surface area contributed by atoms with Gasteiger partial charge >= 0.3 is 0 Å². The second-order valence-electron chi connectivity index (χ2n) is 1.57. The molecule has 2 atom stereocenters. The van der Waals surface area contributed by atoms with Crippen LogP contribution in [0.2, 0.25) is 0 Å². The normalized spacial score (nSPS) is 40.6. The van der Waals surface area contributed by atoms with E-state index in [-0.39, 0.29) is 16.0 Å². The zero-order valence-electron chi connectivity index (χ0n) is 3.53. The van der Waals surface area contributed by atoms with Crippen molar-refractivity contribution in [3.05, 3.63) is 0 Å². The lowest BCUT2D eigenvalue weighted by atomic mass is 9.98. The minimum atomic E-state index is -0.204. The van der Waals surface area contributed by atoms with Crippen LogP contribution in [-0.2, 0) is 4.79 Å². The van der Waals surface area contributed by atoms with Crippen LogP contribution in [0.15, 0.2) is 0 Å². The van der Waals surface area contributed by atoms with Crippen LogP contribution in [0.3, 0.4) is 0 Å². The minimum Gasteiger partial charge on any atom is -0.297 e. The molecule has 3 heteroatoms. The summed E-state index contributed by atoms with van der Waals surface area (Å²) in [5, 5.41) is -0.204. The molecule has 1 aliphatic rings. The molecule has 0 heterocycles. The Kier molecular flexibility index (Phi) is 1.39. The molecule has 0 unspecified atom stereocenters. The Labute approximate surface area is 55.2 Å². The standard InChI is InChI=1S/C4H4BrClO/c5-2-1-3(6)4(2)7/h2-3H,1H2/t2-,3-/m0/s1. The Bertz CT molecular complexity index is 93.9. The first-order valence-corrected chi connectivity index (χ1v) is 3.39. The van der Waals surface area contributed by atoms with E-state index >= 15 is 0 Å². The predicted octanol–water partition coefficient (Wildman–Crippen LogP) is 1.33. The SMILES string of the molecule is O=C1[C@@H](Cl)C[C@@H]1Br. The van der Waals surface area contributed by atoms with Crippen molar-refractivity contribution >= 4 is 33.3 Å². The van der Waals surface area contributed by atoms with Crippen molar-refractivity contribution in [1.82, 2.24) is 0 Å². The molecule has 0 N–H and O–H groups in total. The number of hydrogen-bond acceptors (Lipinski definition) is 1.